The van der Waals surface area contributed by atoms with Crippen LogP contribution in [0.1, 0.15) is 61.4 Å². The lowest BCUT2D eigenvalue weighted by Gasteiger charge is -2.26. The highest BCUT2D eigenvalue weighted by molar-refractivity contribution is 5.97. The molecule has 0 unspecified atom stereocenters. The number of amides is 2. The van der Waals surface area contributed by atoms with E-state index >= 15 is 0 Å². The second-order valence-electron chi connectivity index (χ2n) is 5.99. The van der Waals surface area contributed by atoms with E-state index in [1.165, 1.54) is 24.8 Å². The summed E-state index contributed by atoms with van der Waals surface area (Å²) in [5.41, 5.74) is 7.22. The summed E-state index contributed by atoms with van der Waals surface area (Å²) in [6.45, 7) is 3.89. The molecule has 2 amide bonds. The van der Waals surface area contributed by atoms with Crippen LogP contribution in [0.2, 0.25) is 0 Å². The van der Waals surface area contributed by atoms with Crippen LogP contribution in [0.3, 0.4) is 0 Å². The van der Waals surface area contributed by atoms with Crippen LogP contribution in [-0.4, -0.2) is 17.9 Å². The van der Waals surface area contributed by atoms with E-state index in [0.29, 0.717) is 11.5 Å². The third-order valence-electron chi connectivity index (χ3n) is 4.53. The summed E-state index contributed by atoms with van der Waals surface area (Å²) in [5.74, 6) is -0.0892. The maximum absolute atomic E-state index is 12.3. The van der Waals surface area contributed by atoms with Crippen molar-refractivity contribution in [2.75, 3.05) is 0 Å². The molecule has 114 valence electrons. The van der Waals surface area contributed by atoms with E-state index in [9.17, 15) is 9.59 Å². The lowest BCUT2D eigenvalue weighted by molar-refractivity contribution is -0.120. The van der Waals surface area contributed by atoms with Gasteiger partial charge in [0.15, 0.2) is 0 Å². The predicted octanol–water partition coefficient (Wildman–Crippen LogP) is 2.58. The molecule has 0 saturated heterocycles. The second kappa shape index (κ2) is 6.74. The number of hydrogen-bond acceptors (Lipinski definition) is 2. The van der Waals surface area contributed by atoms with Gasteiger partial charge in [0.1, 0.15) is 6.04 Å². The number of carbonyl (C=O) groups excluding carboxylic acids is 2. The Morgan fingerprint density at radius 1 is 1.38 bits per heavy atom. The molecule has 1 fully saturated rings. The van der Waals surface area contributed by atoms with Gasteiger partial charge in [0.25, 0.3) is 5.91 Å². The first kappa shape index (κ1) is 15.5. The van der Waals surface area contributed by atoms with Crippen molar-refractivity contribution in [3.63, 3.8) is 0 Å². The van der Waals surface area contributed by atoms with Crippen molar-refractivity contribution in [3.05, 3.63) is 35.4 Å². The highest BCUT2D eigenvalue weighted by Crippen LogP contribution is 2.36. The molecule has 4 heteroatoms. The number of rotatable bonds is 6. The summed E-state index contributed by atoms with van der Waals surface area (Å²) < 4.78 is 0. The third kappa shape index (κ3) is 3.63. The van der Waals surface area contributed by atoms with Crippen LogP contribution in [0.15, 0.2) is 24.3 Å². The third-order valence-corrected chi connectivity index (χ3v) is 4.53. The normalized spacial score (nSPS) is 17.6. The molecule has 1 aliphatic carbocycles. The minimum Gasteiger partial charge on any atom is -0.368 e. The molecule has 0 radical (unpaired) electrons. The van der Waals surface area contributed by atoms with Crippen LogP contribution in [0.5, 0.6) is 0 Å². The molecule has 0 bridgehead atoms. The molecule has 4 nitrogen and oxygen atoms in total. The van der Waals surface area contributed by atoms with Crippen molar-refractivity contribution in [2.45, 2.75) is 51.5 Å². The van der Waals surface area contributed by atoms with Crippen molar-refractivity contribution in [2.24, 2.45) is 11.7 Å². The van der Waals surface area contributed by atoms with Gasteiger partial charge in [-0.15, -0.1) is 0 Å². The highest BCUT2D eigenvalue weighted by Gasteiger charge is 2.25. The first-order valence-electron chi connectivity index (χ1n) is 7.73. The zero-order valence-corrected chi connectivity index (χ0v) is 12.8. The Bertz CT molecular complexity index is 523. The second-order valence-corrected chi connectivity index (χ2v) is 5.99. The number of hydrogen-bond donors (Lipinski definition) is 2. The van der Waals surface area contributed by atoms with Gasteiger partial charge >= 0.3 is 0 Å². The lowest BCUT2D eigenvalue weighted by atomic mass is 9.79. The first-order valence-corrected chi connectivity index (χ1v) is 7.73. The van der Waals surface area contributed by atoms with Gasteiger partial charge in [0.05, 0.1) is 0 Å². The minimum absolute atomic E-state index is 0.0289. The molecule has 21 heavy (non-hydrogen) atoms. The molecule has 0 aliphatic heterocycles. The predicted molar refractivity (Wildman–Crippen MR) is 82.9 cm³/mol. The van der Waals surface area contributed by atoms with E-state index in [1.54, 1.807) is 6.07 Å². The molecule has 1 aliphatic rings. The Labute approximate surface area is 126 Å². The zero-order valence-electron chi connectivity index (χ0n) is 12.8. The van der Waals surface area contributed by atoms with Crippen LogP contribution < -0.4 is 11.1 Å². The van der Waals surface area contributed by atoms with E-state index in [2.05, 4.69) is 11.4 Å². The number of nitrogens with two attached hydrogens (primary N) is 1. The van der Waals surface area contributed by atoms with Gasteiger partial charge in [-0.3, -0.25) is 9.59 Å². The molecule has 0 heterocycles. The summed E-state index contributed by atoms with van der Waals surface area (Å²) in [6.07, 6.45) is 4.44. The van der Waals surface area contributed by atoms with E-state index in [0.717, 1.165) is 6.42 Å². The average molecular weight is 288 g/mol. The maximum Gasteiger partial charge on any atom is 0.251 e. The van der Waals surface area contributed by atoms with Crippen molar-refractivity contribution in [1.82, 2.24) is 5.32 Å². The van der Waals surface area contributed by atoms with Crippen LogP contribution in [0.25, 0.3) is 0 Å². The summed E-state index contributed by atoms with van der Waals surface area (Å²) in [5, 5.41) is 2.77. The largest absolute Gasteiger partial charge is 0.368 e. The SMILES string of the molecule is CC[C@H](C)[C@H](NC(=O)c1cccc(C2CCC2)c1)C(N)=O. The fourth-order valence-electron chi connectivity index (χ4n) is 2.63. The first-order chi connectivity index (χ1) is 10.0. The van der Waals surface area contributed by atoms with Gasteiger partial charge in [-0.25, -0.2) is 0 Å². The van der Waals surface area contributed by atoms with Crippen LogP contribution in [0, 0.1) is 5.92 Å². The quantitative estimate of drug-likeness (QED) is 0.844. The van der Waals surface area contributed by atoms with Crippen molar-refractivity contribution in [1.29, 1.82) is 0 Å². The maximum atomic E-state index is 12.3. The summed E-state index contributed by atoms with van der Waals surface area (Å²) in [6, 6.07) is 7.08. The van der Waals surface area contributed by atoms with E-state index in [-0.39, 0.29) is 11.8 Å². The van der Waals surface area contributed by atoms with Gasteiger partial charge in [-0.2, -0.15) is 0 Å². The van der Waals surface area contributed by atoms with E-state index in [1.807, 2.05) is 26.0 Å². The van der Waals surface area contributed by atoms with Crippen LogP contribution in [0.4, 0.5) is 0 Å². The summed E-state index contributed by atoms with van der Waals surface area (Å²) >= 11 is 0. The van der Waals surface area contributed by atoms with Crippen molar-refractivity contribution >= 4 is 11.8 Å². The Morgan fingerprint density at radius 2 is 2.10 bits per heavy atom. The smallest absolute Gasteiger partial charge is 0.251 e. The molecule has 1 aromatic carbocycles. The van der Waals surface area contributed by atoms with Crippen LogP contribution in [-0.2, 0) is 4.79 Å². The average Bonchev–Trinajstić information content (AvgIpc) is 2.41. The van der Waals surface area contributed by atoms with Crippen LogP contribution >= 0.6 is 0 Å². The molecule has 0 spiro atoms. The van der Waals surface area contributed by atoms with Crippen molar-refractivity contribution in [3.8, 4) is 0 Å². The van der Waals surface area contributed by atoms with E-state index < -0.39 is 11.9 Å². The molecule has 2 rings (SSSR count). The molecular weight excluding hydrogens is 264 g/mol. The number of primary amides is 1. The van der Waals surface area contributed by atoms with Gasteiger partial charge in [0, 0.05) is 5.56 Å². The monoisotopic (exact) mass is 288 g/mol. The number of nitrogens with one attached hydrogen (secondary N) is 1. The summed E-state index contributed by atoms with van der Waals surface area (Å²) in [7, 11) is 0. The van der Waals surface area contributed by atoms with Crippen molar-refractivity contribution < 1.29 is 9.59 Å². The highest BCUT2D eigenvalue weighted by atomic mass is 16.2. The molecule has 0 aromatic heterocycles. The fourth-order valence-corrected chi connectivity index (χ4v) is 2.63. The summed E-state index contributed by atoms with van der Waals surface area (Å²) in [4.78, 5) is 23.8. The van der Waals surface area contributed by atoms with Gasteiger partial charge in [-0.05, 0) is 42.4 Å². The Kier molecular flexibility index (Phi) is 4.99. The molecule has 2 atom stereocenters. The van der Waals surface area contributed by atoms with Gasteiger partial charge < -0.3 is 11.1 Å². The topological polar surface area (TPSA) is 72.2 Å². The van der Waals surface area contributed by atoms with Gasteiger partial charge in [0.2, 0.25) is 5.91 Å². The fraction of sp³-hybridized carbons (Fsp3) is 0.529. The Hall–Kier alpha value is -1.84. The molecular formula is C17H24N2O2. The van der Waals surface area contributed by atoms with E-state index in [4.69, 9.17) is 5.73 Å². The lowest BCUT2D eigenvalue weighted by Crippen LogP contribution is -2.48. The Balaban J connectivity index is 2.10. The standard InChI is InChI=1S/C17H24N2O2/c1-3-11(2)15(16(18)20)19-17(21)14-9-5-8-13(10-14)12-6-4-7-12/h5,8-12,15H,3-4,6-7H2,1-2H3,(H2,18,20)(H,19,21)/t11-,15-/m0/s1. The van der Waals surface area contributed by atoms with Gasteiger partial charge in [-0.1, -0.05) is 38.8 Å². The number of benzene rings is 1. The Morgan fingerprint density at radius 3 is 2.62 bits per heavy atom. The molecule has 1 saturated carbocycles. The number of carbonyl (C=O) groups is 2. The minimum atomic E-state index is -0.616. The molecule has 3 N–H and O–H groups in total. The molecule has 1 aromatic rings. The zero-order chi connectivity index (χ0) is 15.4.